The molecule has 1 fully saturated rings. The van der Waals surface area contributed by atoms with Crippen LogP contribution in [-0.2, 0) is 9.84 Å². The van der Waals surface area contributed by atoms with Gasteiger partial charge in [0.25, 0.3) is 5.91 Å². The molecular weight excluding hydrogens is 324 g/mol. The molecule has 0 radical (unpaired) electrons. The van der Waals surface area contributed by atoms with Crippen LogP contribution in [0.5, 0.6) is 0 Å². The van der Waals surface area contributed by atoms with E-state index in [4.69, 9.17) is 0 Å². The van der Waals surface area contributed by atoms with Gasteiger partial charge >= 0.3 is 0 Å². The summed E-state index contributed by atoms with van der Waals surface area (Å²) < 4.78 is 23.5. The Balaban J connectivity index is 0.00000242. The summed E-state index contributed by atoms with van der Waals surface area (Å²) in [6, 6.07) is 3.39. The summed E-state index contributed by atoms with van der Waals surface area (Å²) in [6.07, 6.45) is 1.16. The number of amides is 1. The predicted molar refractivity (Wildman–Crippen MR) is 89.6 cm³/mol. The lowest BCUT2D eigenvalue weighted by atomic mass is 10.0. The van der Waals surface area contributed by atoms with E-state index in [1.54, 1.807) is 11.0 Å². The molecule has 5 nitrogen and oxygen atoms in total. The number of nitrogens with one attached hydrogen (secondary N) is 1. The highest BCUT2D eigenvalue weighted by Gasteiger charge is 2.24. The zero-order valence-electron chi connectivity index (χ0n) is 13.3. The van der Waals surface area contributed by atoms with Gasteiger partial charge in [-0.05, 0) is 44.0 Å². The number of sulfone groups is 1. The summed E-state index contributed by atoms with van der Waals surface area (Å²) in [5.74, 6) is -0.0885. The van der Waals surface area contributed by atoms with Crippen molar-refractivity contribution in [1.29, 1.82) is 0 Å². The summed E-state index contributed by atoms with van der Waals surface area (Å²) >= 11 is 0. The van der Waals surface area contributed by atoms with Crippen molar-refractivity contribution in [1.82, 2.24) is 10.2 Å². The maximum Gasteiger partial charge on any atom is 0.254 e. The van der Waals surface area contributed by atoms with Gasteiger partial charge in [0.05, 0.1) is 4.90 Å². The van der Waals surface area contributed by atoms with Crippen LogP contribution in [0.1, 0.15) is 28.4 Å². The molecule has 1 atom stereocenters. The summed E-state index contributed by atoms with van der Waals surface area (Å²) in [5, 5.41) is 3.29. The van der Waals surface area contributed by atoms with E-state index in [0.29, 0.717) is 18.7 Å². The second-order valence-corrected chi connectivity index (χ2v) is 7.81. The molecule has 1 aliphatic rings. The van der Waals surface area contributed by atoms with Crippen molar-refractivity contribution in [3.05, 3.63) is 28.8 Å². The van der Waals surface area contributed by atoms with E-state index in [-0.39, 0.29) is 29.3 Å². The molecule has 7 heteroatoms. The van der Waals surface area contributed by atoms with E-state index in [0.717, 1.165) is 23.9 Å². The van der Waals surface area contributed by atoms with Crippen molar-refractivity contribution >= 4 is 28.2 Å². The molecule has 0 saturated carbocycles. The quantitative estimate of drug-likeness (QED) is 0.882. The minimum absolute atomic E-state index is 0. The van der Waals surface area contributed by atoms with E-state index in [2.05, 4.69) is 5.32 Å². The predicted octanol–water partition coefficient (Wildman–Crippen LogP) is 1.56. The van der Waals surface area contributed by atoms with Crippen LogP contribution in [0.2, 0.25) is 0 Å². The molecule has 1 N–H and O–H groups in total. The molecule has 22 heavy (non-hydrogen) atoms. The minimum Gasteiger partial charge on any atom is -0.336 e. The van der Waals surface area contributed by atoms with Gasteiger partial charge in [0.15, 0.2) is 9.84 Å². The SMILES string of the molecule is Cc1cc(S(C)(=O)=O)cc(C(=O)N2CCN[C@H](C)C2)c1C.Cl. The minimum atomic E-state index is -3.32. The Morgan fingerprint density at radius 2 is 1.95 bits per heavy atom. The molecule has 0 aliphatic carbocycles. The molecule has 0 aromatic heterocycles. The first-order valence-corrected chi connectivity index (χ1v) is 8.93. The summed E-state index contributed by atoms with van der Waals surface area (Å²) in [6.45, 7) is 7.77. The van der Waals surface area contributed by atoms with E-state index < -0.39 is 9.84 Å². The monoisotopic (exact) mass is 346 g/mol. The molecule has 2 rings (SSSR count). The number of rotatable bonds is 2. The Bertz CT molecular complexity index is 674. The van der Waals surface area contributed by atoms with Crippen LogP contribution in [0.25, 0.3) is 0 Å². The molecule has 124 valence electrons. The highest BCUT2D eigenvalue weighted by atomic mass is 35.5. The molecule has 1 aliphatic heterocycles. The van der Waals surface area contributed by atoms with Gasteiger partial charge in [0, 0.05) is 37.5 Å². The van der Waals surface area contributed by atoms with E-state index >= 15 is 0 Å². The van der Waals surface area contributed by atoms with Crippen molar-refractivity contribution < 1.29 is 13.2 Å². The lowest BCUT2D eigenvalue weighted by molar-refractivity contribution is 0.0708. The Morgan fingerprint density at radius 1 is 1.32 bits per heavy atom. The van der Waals surface area contributed by atoms with Crippen molar-refractivity contribution in [2.75, 3.05) is 25.9 Å². The van der Waals surface area contributed by atoms with Gasteiger partial charge in [-0.3, -0.25) is 4.79 Å². The summed E-state index contributed by atoms with van der Waals surface area (Å²) in [7, 11) is -3.32. The molecule has 0 unspecified atom stereocenters. The van der Waals surface area contributed by atoms with E-state index in [1.165, 1.54) is 6.07 Å². The fourth-order valence-electron chi connectivity index (χ4n) is 2.55. The number of aryl methyl sites for hydroxylation is 1. The maximum absolute atomic E-state index is 12.7. The van der Waals surface area contributed by atoms with Crippen LogP contribution in [-0.4, -0.2) is 51.2 Å². The molecule has 1 saturated heterocycles. The third kappa shape index (κ3) is 4.00. The molecular formula is C15H23ClN2O3S. The topological polar surface area (TPSA) is 66.5 Å². The Kier molecular flexibility index (Phi) is 6.01. The van der Waals surface area contributed by atoms with Gasteiger partial charge in [-0.1, -0.05) is 0 Å². The van der Waals surface area contributed by atoms with Crippen molar-refractivity contribution in [2.45, 2.75) is 31.7 Å². The van der Waals surface area contributed by atoms with Crippen LogP contribution in [0.15, 0.2) is 17.0 Å². The normalized spacial score (nSPS) is 18.7. The molecule has 1 aromatic rings. The van der Waals surface area contributed by atoms with Crippen LogP contribution < -0.4 is 5.32 Å². The summed E-state index contributed by atoms with van der Waals surface area (Å²) in [5.41, 5.74) is 2.16. The Hall–Kier alpha value is -1.11. The Labute approximate surface area is 138 Å². The Morgan fingerprint density at radius 3 is 2.50 bits per heavy atom. The van der Waals surface area contributed by atoms with Gasteiger partial charge in [-0.15, -0.1) is 12.4 Å². The number of halogens is 1. The fraction of sp³-hybridized carbons (Fsp3) is 0.533. The van der Waals surface area contributed by atoms with Crippen molar-refractivity contribution in [3.8, 4) is 0 Å². The number of carbonyl (C=O) groups excluding carboxylic acids is 1. The number of piperazine rings is 1. The second-order valence-electron chi connectivity index (χ2n) is 5.79. The highest BCUT2D eigenvalue weighted by molar-refractivity contribution is 7.90. The van der Waals surface area contributed by atoms with Gasteiger partial charge < -0.3 is 10.2 Å². The number of hydrogen-bond donors (Lipinski definition) is 1. The van der Waals surface area contributed by atoms with Gasteiger partial charge in [0.2, 0.25) is 0 Å². The zero-order valence-corrected chi connectivity index (χ0v) is 15.0. The summed E-state index contributed by atoms with van der Waals surface area (Å²) in [4.78, 5) is 14.7. The van der Waals surface area contributed by atoms with Crippen molar-refractivity contribution in [2.24, 2.45) is 0 Å². The van der Waals surface area contributed by atoms with Crippen LogP contribution >= 0.6 is 12.4 Å². The number of carbonyl (C=O) groups is 1. The smallest absolute Gasteiger partial charge is 0.254 e. The van der Waals surface area contributed by atoms with E-state index in [9.17, 15) is 13.2 Å². The molecule has 1 heterocycles. The average molecular weight is 347 g/mol. The van der Waals surface area contributed by atoms with Crippen LogP contribution in [0.3, 0.4) is 0 Å². The molecule has 1 amide bonds. The largest absolute Gasteiger partial charge is 0.336 e. The molecule has 0 bridgehead atoms. The number of nitrogens with zero attached hydrogens (tertiary/aromatic N) is 1. The van der Waals surface area contributed by atoms with Crippen LogP contribution in [0, 0.1) is 13.8 Å². The van der Waals surface area contributed by atoms with Gasteiger partial charge in [-0.25, -0.2) is 8.42 Å². The number of hydrogen-bond acceptors (Lipinski definition) is 4. The van der Waals surface area contributed by atoms with Gasteiger partial charge in [-0.2, -0.15) is 0 Å². The lowest BCUT2D eigenvalue weighted by Gasteiger charge is -2.32. The van der Waals surface area contributed by atoms with Gasteiger partial charge in [0.1, 0.15) is 0 Å². The van der Waals surface area contributed by atoms with Crippen molar-refractivity contribution in [3.63, 3.8) is 0 Å². The third-order valence-corrected chi connectivity index (χ3v) is 5.05. The fourth-order valence-corrected chi connectivity index (χ4v) is 3.27. The highest BCUT2D eigenvalue weighted by Crippen LogP contribution is 2.22. The zero-order chi connectivity index (χ0) is 15.8. The van der Waals surface area contributed by atoms with E-state index in [1.807, 2.05) is 20.8 Å². The first-order chi connectivity index (χ1) is 9.70. The average Bonchev–Trinajstić information content (AvgIpc) is 2.39. The second kappa shape index (κ2) is 6.98. The molecule has 1 aromatic carbocycles. The molecule has 0 spiro atoms. The lowest BCUT2D eigenvalue weighted by Crippen LogP contribution is -2.51. The van der Waals surface area contributed by atoms with Crippen LogP contribution in [0.4, 0.5) is 0 Å². The number of benzene rings is 1. The first-order valence-electron chi connectivity index (χ1n) is 7.04. The third-order valence-electron chi connectivity index (χ3n) is 3.96. The maximum atomic E-state index is 12.7. The first kappa shape index (κ1) is 18.9. The standard InChI is InChI=1S/C15H22N2O3S.ClH/c1-10-7-13(21(4,19)20)8-14(12(10)3)15(18)17-6-5-16-11(2)9-17;/h7-8,11,16H,5-6,9H2,1-4H3;1H/t11-;/m1./s1.